The number of rotatable bonds is 4. The van der Waals surface area contributed by atoms with Gasteiger partial charge >= 0.3 is 0 Å². The van der Waals surface area contributed by atoms with E-state index in [0.717, 1.165) is 16.0 Å². The van der Waals surface area contributed by atoms with Crippen LogP contribution >= 0.6 is 23.6 Å². The Kier molecular flexibility index (Phi) is 5.10. The van der Waals surface area contributed by atoms with Crippen LogP contribution in [0.3, 0.4) is 0 Å². The number of amides is 2. The first-order valence-electron chi connectivity index (χ1n) is 8.88. The molecule has 1 aliphatic rings. The van der Waals surface area contributed by atoms with Crippen LogP contribution in [0.25, 0.3) is 10.7 Å². The Morgan fingerprint density at radius 1 is 1.32 bits per heavy atom. The molecule has 0 saturated carbocycles. The van der Waals surface area contributed by atoms with Crippen molar-refractivity contribution in [2.24, 2.45) is 0 Å². The highest BCUT2D eigenvalue weighted by Crippen LogP contribution is 2.27. The topological polar surface area (TPSA) is 83.0 Å². The summed E-state index contributed by atoms with van der Waals surface area (Å²) < 4.78 is 2.07. The second-order valence-electron chi connectivity index (χ2n) is 6.55. The Hall–Kier alpha value is -2.78. The highest BCUT2D eigenvalue weighted by molar-refractivity contribution is 7.71. The van der Waals surface area contributed by atoms with Crippen LogP contribution in [0.1, 0.15) is 17.2 Å². The smallest absolute Gasteiger partial charge is 0.247 e. The van der Waals surface area contributed by atoms with Crippen molar-refractivity contribution in [3.63, 3.8) is 0 Å². The van der Waals surface area contributed by atoms with Crippen LogP contribution in [0.5, 0.6) is 0 Å². The van der Waals surface area contributed by atoms with Crippen molar-refractivity contribution < 1.29 is 9.59 Å². The number of hydrogen-bond donors (Lipinski definition) is 2. The molecule has 0 bridgehead atoms. The van der Waals surface area contributed by atoms with Crippen molar-refractivity contribution in [3.8, 4) is 10.7 Å². The normalized spacial score (nSPS) is 16.8. The van der Waals surface area contributed by atoms with Crippen LogP contribution in [0.4, 0.5) is 0 Å². The molecule has 1 saturated heterocycles. The highest BCUT2D eigenvalue weighted by atomic mass is 32.1. The van der Waals surface area contributed by atoms with Crippen molar-refractivity contribution >= 4 is 35.4 Å². The van der Waals surface area contributed by atoms with Crippen molar-refractivity contribution in [2.75, 3.05) is 13.1 Å². The summed E-state index contributed by atoms with van der Waals surface area (Å²) in [5, 5.41) is 11.9. The molecule has 3 aromatic rings. The molecule has 0 aliphatic carbocycles. The van der Waals surface area contributed by atoms with Gasteiger partial charge in [0.05, 0.1) is 4.88 Å². The first kappa shape index (κ1) is 18.6. The molecule has 1 aliphatic heterocycles. The van der Waals surface area contributed by atoms with E-state index in [-0.39, 0.29) is 18.4 Å². The van der Waals surface area contributed by atoms with Gasteiger partial charge in [-0.25, -0.2) is 0 Å². The fraction of sp³-hybridized carbons (Fsp3) is 0.263. The molecule has 7 nitrogen and oxygen atoms in total. The molecule has 0 radical (unpaired) electrons. The van der Waals surface area contributed by atoms with E-state index in [1.165, 1.54) is 11.3 Å². The van der Waals surface area contributed by atoms with Gasteiger partial charge in [-0.2, -0.15) is 5.10 Å². The standard InChI is InChI=1S/C19H19N5O2S2/c1-12-5-2-3-6-13(12)16-18(26)20-8-9-23(16)15(25)11-24-17(21-22-19(24)27)14-7-4-10-28-14/h2-7,10,16H,8-9,11H2,1H3,(H,20,26)(H,22,27). The molecule has 9 heteroatoms. The molecular weight excluding hydrogens is 394 g/mol. The summed E-state index contributed by atoms with van der Waals surface area (Å²) in [5.74, 6) is 0.295. The third-order valence-electron chi connectivity index (χ3n) is 4.81. The molecule has 2 N–H and O–H groups in total. The SMILES string of the molecule is Cc1ccccc1C1C(=O)NCCN1C(=O)Cn1c(-c2cccs2)n[nH]c1=S. The molecule has 2 amide bonds. The molecule has 2 aromatic heterocycles. The number of nitrogens with zero attached hydrogens (tertiary/aromatic N) is 3. The number of piperazine rings is 1. The highest BCUT2D eigenvalue weighted by Gasteiger charge is 2.35. The van der Waals surface area contributed by atoms with Gasteiger partial charge in [-0.3, -0.25) is 19.3 Å². The molecule has 0 spiro atoms. The summed E-state index contributed by atoms with van der Waals surface area (Å²) in [7, 11) is 0. The van der Waals surface area contributed by atoms with Crippen molar-refractivity contribution in [1.82, 2.24) is 25.0 Å². The molecule has 28 heavy (non-hydrogen) atoms. The number of carbonyl (C=O) groups excluding carboxylic acids is 2. The van der Waals surface area contributed by atoms with Crippen LogP contribution in [-0.2, 0) is 16.1 Å². The number of aromatic amines is 1. The number of benzene rings is 1. The van der Waals surface area contributed by atoms with Crippen LogP contribution in [0, 0.1) is 11.7 Å². The predicted octanol–water partition coefficient (Wildman–Crippen LogP) is 2.68. The van der Waals surface area contributed by atoms with E-state index in [0.29, 0.717) is 23.7 Å². The number of aryl methyl sites for hydroxylation is 1. The Morgan fingerprint density at radius 2 is 2.14 bits per heavy atom. The van der Waals surface area contributed by atoms with E-state index in [1.807, 2.05) is 48.7 Å². The molecule has 1 fully saturated rings. The van der Waals surface area contributed by atoms with Crippen LogP contribution in [-0.4, -0.2) is 44.6 Å². The van der Waals surface area contributed by atoms with Gasteiger partial charge in [0.2, 0.25) is 11.8 Å². The van der Waals surface area contributed by atoms with Gasteiger partial charge in [-0.15, -0.1) is 11.3 Å². The fourth-order valence-electron chi connectivity index (χ4n) is 3.42. The Bertz CT molecular complexity index is 1070. The van der Waals surface area contributed by atoms with E-state index >= 15 is 0 Å². The van der Waals surface area contributed by atoms with Gasteiger partial charge in [0, 0.05) is 13.1 Å². The van der Waals surface area contributed by atoms with Gasteiger partial charge < -0.3 is 10.2 Å². The summed E-state index contributed by atoms with van der Waals surface area (Å²) in [6, 6.07) is 10.9. The molecule has 1 unspecified atom stereocenters. The third kappa shape index (κ3) is 3.38. The average Bonchev–Trinajstić information content (AvgIpc) is 3.33. The molecular formula is C19H19N5O2S2. The lowest BCUT2D eigenvalue weighted by Gasteiger charge is -2.36. The minimum absolute atomic E-state index is 0.0260. The second kappa shape index (κ2) is 7.69. The van der Waals surface area contributed by atoms with Crippen molar-refractivity contribution in [1.29, 1.82) is 0 Å². The van der Waals surface area contributed by atoms with Crippen molar-refractivity contribution in [2.45, 2.75) is 19.5 Å². The number of carbonyl (C=O) groups is 2. The minimum atomic E-state index is -0.645. The lowest BCUT2D eigenvalue weighted by Crippen LogP contribution is -2.53. The summed E-state index contributed by atoms with van der Waals surface area (Å²) in [6.45, 7) is 2.85. The first-order chi connectivity index (χ1) is 13.6. The minimum Gasteiger partial charge on any atom is -0.352 e. The van der Waals surface area contributed by atoms with Gasteiger partial charge in [-0.05, 0) is 41.7 Å². The lowest BCUT2D eigenvalue weighted by molar-refractivity contribution is -0.144. The molecule has 1 atom stereocenters. The maximum Gasteiger partial charge on any atom is 0.247 e. The summed E-state index contributed by atoms with van der Waals surface area (Å²) in [6.07, 6.45) is 0. The summed E-state index contributed by atoms with van der Waals surface area (Å²) >= 11 is 6.86. The van der Waals surface area contributed by atoms with Gasteiger partial charge in [0.1, 0.15) is 12.6 Å². The fourth-order valence-corrected chi connectivity index (χ4v) is 4.34. The lowest BCUT2D eigenvalue weighted by atomic mass is 9.97. The zero-order valence-electron chi connectivity index (χ0n) is 15.2. The quantitative estimate of drug-likeness (QED) is 0.644. The maximum atomic E-state index is 13.2. The van der Waals surface area contributed by atoms with Gasteiger partial charge in [0.25, 0.3) is 0 Å². The number of hydrogen-bond acceptors (Lipinski definition) is 5. The third-order valence-corrected chi connectivity index (χ3v) is 5.99. The maximum absolute atomic E-state index is 13.2. The summed E-state index contributed by atoms with van der Waals surface area (Å²) in [5.41, 5.74) is 1.81. The molecule has 3 heterocycles. The van der Waals surface area contributed by atoms with Crippen LogP contribution < -0.4 is 5.32 Å². The van der Waals surface area contributed by atoms with Gasteiger partial charge in [-0.1, -0.05) is 30.3 Å². The largest absolute Gasteiger partial charge is 0.352 e. The first-order valence-corrected chi connectivity index (χ1v) is 10.2. The number of thiophene rings is 1. The monoisotopic (exact) mass is 413 g/mol. The molecule has 144 valence electrons. The van der Waals surface area contributed by atoms with E-state index in [2.05, 4.69) is 15.5 Å². The number of aromatic nitrogens is 3. The summed E-state index contributed by atoms with van der Waals surface area (Å²) in [4.78, 5) is 28.4. The van der Waals surface area contributed by atoms with Crippen molar-refractivity contribution in [3.05, 3.63) is 57.7 Å². The van der Waals surface area contributed by atoms with E-state index < -0.39 is 6.04 Å². The number of nitrogens with one attached hydrogen (secondary N) is 2. The average molecular weight is 414 g/mol. The Morgan fingerprint density at radius 3 is 2.89 bits per heavy atom. The van der Waals surface area contributed by atoms with Gasteiger partial charge in [0.15, 0.2) is 10.6 Å². The second-order valence-corrected chi connectivity index (χ2v) is 7.89. The number of H-pyrrole nitrogens is 1. The molecule has 4 rings (SSSR count). The van der Waals surface area contributed by atoms with Crippen LogP contribution in [0.15, 0.2) is 41.8 Å². The van der Waals surface area contributed by atoms with E-state index in [1.54, 1.807) is 9.47 Å². The van der Waals surface area contributed by atoms with E-state index in [4.69, 9.17) is 12.2 Å². The molecule has 1 aromatic carbocycles. The predicted molar refractivity (Wildman–Crippen MR) is 109 cm³/mol. The van der Waals surface area contributed by atoms with E-state index in [9.17, 15) is 9.59 Å². The Balaban J connectivity index is 1.66. The Labute approximate surface area is 171 Å². The van der Waals surface area contributed by atoms with Crippen LogP contribution in [0.2, 0.25) is 0 Å². The zero-order valence-corrected chi connectivity index (χ0v) is 16.8. The zero-order chi connectivity index (χ0) is 19.7.